The van der Waals surface area contributed by atoms with E-state index < -0.39 is 0 Å². The maximum absolute atomic E-state index is 11.9. The third-order valence-corrected chi connectivity index (χ3v) is 4.90. The van der Waals surface area contributed by atoms with E-state index in [1.807, 2.05) is 49.4 Å². The summed E-state index contributed by atoms with van der Waals surface area (Å²) in [5, 5.41) is 2.91. The van der Waals surface area contributed by atoms with Gasteiger partial charge in [0, 0.05) is 23.2 Å². The molecular weight excluding hydrogens is 422 g/mol. The normalized spacial score (nSPS) is 11.8. The number of hydrogen-bond acceptors (Lipinski definition) is 4. The molecule has 0 radical (unpaired) electrons. The number of rotatable bonds is 6. The molecular formula is C22H22BrNO4. The summed E-state index contributed by atoms with van der Waals surface area (Å²) in [5.41, 5.74) is 2.51. The van der Waals surface area contributed by atoms with Crippen molar-refractivity contribution in [2.45, 2.75) is 19.8 Å². The van der Waals surface area contributed by atoms with Gasteiger partial charge in [0.2, 0.25) is 5.91 Å². The lowest BCUT2D eigenvalue weighted by molar-refractivity contribution is -0.114. The van der Waals surface area contributed by atoms with Crippen LogP contribution in [0.5, 0.6) is 11.5 Å². The van der Waals surface area contributed by atoms with Crippen LogP contribution in [0.15, 0.2) is 57.4 Å². The highest BCUT2D eigenvalue weighted by molar-refractivity contribution is 9.10. The third kappa shape index (κ3) is 4.22. The first-order valence-electron chi connectivity index (χ1n) is 8.78. The van der Waals surface area contributed by atoms with Crippen LogP contribution in [-0.4, -0.2) is 20.1 Å². The van der Waals surface area contributed by atoms with Crippen molar-refractivity contribution in [2.24, 2.45) is 0 Å². The number of anilines is 1. The standard InChI is InChI=1S/C22H22BrNO4/c1-13-8-9-19(28-13)22(15-6-5-7-16(23)10-15)17-11-20(26-3)21(27-4)12-18(17)24-14(2)25/h5-12,22H,1-4H3,(H,24,25). The summed E-state index contributed by atoms with van der Waals surface area (Å²) < 4.78 is 17.9. The fourth-order valence-corrected chi connectivity index (χ4v) is 3.64. The molecule has 1 aromatic heterocycles. The Hall–Kier alpha value is -2.73. The largest absolute Gasteiger partial charge is 0.493 e. The molecule has 1 amide bonds. The highest BCUT2D eigenvalue weighted by Gasteiger charge is 2.26. The molecule has 28 heavy (non-hydrogen) atoms. The fourth-order valence-electron chi connectivity index (χ4n) is 3.22. The van der Waals surface area contributed by atoms with E-state index in [1.165, 1.54) is 6.92 Å². The molecule has 146 valence electrons. The van der Waals surface area contributed by atoms with Crippen LogP contribution >= 0.6 is 15.9 Å². The van der Waals surface area contributed by atoms with Crippen LogP contribution < -0.4 is 14.8 Å². The van der Waals surface area contributed by atoms with Gasteiger partial charge in [-0.2, -0.15) is 0 Å². The average molecular weight is 444 g/mol. The number of carbonyl (C=O) groups is 1. The van der Waals surface area contributed by atoms with Gasteiger partial charge in [-0.15, -0.1) is 0 Å². The summed E-state index contributed by atoms with van der Waals surface area (Å²) in [7, 11) is 3.15. The Balaban J connectivity index is 2.27. The number of carbonyl (C=O) groups excluding carboxylic acids is 1. The Labute approximate surface area is 172 Å². The minimum Gasteiger partial charge on any atom is -0.493 e. The molecule has 6 heteroatoms. The molecule has 0 spiro atoms. The first-order chi connectivity index (χ1) is 13.4. The van der Waals surface area contributed by atoms with Gasteiger partial charge in [0.05, 0.1) is 20.1 Å². The van der Waals surface area contributed by atoms with E-state index in [0.29, 0.717) is 17.2 Å². The van der Waals surface area contributed by atoms with E-state index in [1.54, 1.807) is 20.3 Å². The van der Waals surface area contributed by atoms with Gasteiger partial charge in [-0.05, 0) is 48.4 Å². The van der Waals surface area contributed by atoms with Crippen molar-refractivity contribution in [3.63, 3.8) is 0 Å². The number of hydrogen-bond donors (Lipinski definition) is 1. The Morgan fingerprint density at radius 2 is 1.79 bits per heavy atom. The maximum Gasteiger partial charge on any atom is 0.221 e. The first-order valence-corrected chi connectivity index (χ1v) is 9.57. The smallest absolute Gasteiger partial charge is 0.221 e. The molecule has 1 atom stereocenters. The monoisotopic (exact) mass is 443 g/mol. The van der Waals surface area contributed by atoms with E-state index in [9.17, 15) is 4.79 Å². The zero-order valence-electron chi connectivity index (χ0n) is 16.2. The van der Waals surface area contributed by atoms with E-state index in [4.69, 9.17) is 13.9 Å². The molecule has 3 aromatic rings. The highest BCUT2D eigenvalue weighted by atomic mass is 79.9. The second-order valence-electron chi connectivity index (χ2n) is 6.41. The number of nitrogens with one attached hydrogen (secondary N) is 1. The average Bonchev–Trinajstić information content (AvgIpc) is 3.08. The van der Waals surface area contributed by atoms with Gasteiger partial charge in [0.25, 0.3) is 0 Å². The van der Waals surface area contributed by atoms with Crippen LogP contribution in [-0.2, 0) is 4.79 Å². The number of furan rings is 1. The molecule has 0 saturated carbocycles. The van der Waals surface area contributed by atoms with Crippen LogP contribution in [0.4, 0.5) is 5.69 Å². The van der Waals surface area contributed by atoms with Gasteiger partial charge in [0.1, 0.15) is 11.5 Å². The number of benzene rings is 2. The van der Waals surface area contributed by atoms with Crippen LogP contribution in [0.3, 0.4) is 0 Å². The van der Waals surface area contributed by atoms with Crippen LogP contribution in [0.1, 0.15) is 35.5 Å². The fraction of sp³-hybridized carbons (Fsp3) is 0.227. The lowest BCUT2D eigenvalue weighted by atomic mass is 9.87. The van der Waals surface area contributed by atoms with Crippen LogP contribution in [0.25, 0.3) is 0 Å². The second-order valence-corrected chi connectivity index (χ2v) is 7.33. The predicted molar refractivity (Wildman–Crippen MR) is 112 cm³/mol. The molecule has 2 aromatic carbocycles. The molecule has 3 rings (SSSR count). The molecule has 0 aliphatic heterocycles. The zero-order chi connectivity index (χ0) is 20.3. The molecule has 0 saturated heterocycles. The molecule has 1 unspecified atom stereocenters. The van der Waals surface area contributed by atoms with Gasteiger partial charge in [0.15, 0.2) is 11.5 Å². The minimum absolute atomic E-state index is 0.169. The molecule has 0 aliphatic carbocycles. The van der Waals surface area contributed by atoms with Crippen molar-refractivity contribution in [3.05, 3.63) is 75.7 Å². The quantitative estimate of drug-likeness (QED) is 0.545. The summed E-state index contributed by atoms with van der Waals surface area (Å²) in [6.07, 6.45) is 0. The number of halogens is 1. The summed E-state index contributed by atoms with van der Waals surface area (Å²) in [6.45, 7) is 3.39. The lowest BCUT2D eigenvalue weighted by Gasteiger charge is -2.22. The molecule has 1 heterocycles. The van der Waals surface area contributed by atoms with Crippen LogP contribution in [0, 0.1) is 6.92 Å². The Morgan fingerprint density at radius 3 is 2.36 bits per heavy atom. The Bertz CT molecular complexity index is 996. The van der Waals surface area contributed by atoms with Crippen molar-refractivity contribution >= 4 is 27.5 Å². The summed E-state index contributed by atoms with van der Waals surface area (Å²) in [4.78, 5) is 11.9. The highest BCUT2D eigenvalue weighted by Crippen LogP contribution is 2.42. The second kappa shape index (κ2) is 8.52. The minimum atomic E-state index is -0.243. The van der Waals surface area contributed by atoms with Crippen molar-refractivity contribution in [3.8, 4) is 11.5 Å². The SMILES string of the molecule is COc1cc(NC(C)=O)c(C(c2cccc(Br)c2)c2ccc(C)o2)cc1OC. The van der Waals surface area contributed by atoms with Crippen molar-refractivity contribution in [1.82, 2.24) is 0 Å². The van der Waals surface area contributed by atoms with Gasteiger partial charge in [-0.1, -0.05) is 28.1 Å². The van der Waals surface area contributed by atoms with Crippen molar-refractivity contribution in [1.29, 1.82) is 0 Å². The Morgan fingerprint density at radius 1 is 1.07 bits per heavy atom. The van der Waals surface area contributed by atoms with Crippen LogP contribution in [0.2, 0.25) is 0 Å². The summed E-state index contributed by atoms with van der Waals surface area (Å²) in [6, 6.07) is 15.6. The first kappa shape index (κ1) is 20.0. The molecule has 0 fully saturated rings. The molecule has 1 N–H and O–H groups in total. The number of amides is 1. The Kier molecular flexibility index (Phi) is 6.09. The number of ether oxygens (including phenoxy) is 2. The molecule has 0 bridgehead atoms. The third-order valence-electron chi connectivity index (χ3n) is 4.41. The van der Waals surface area contributed by atoms with E-state index in [0.717, 1.165) is 27.1 Å². The topological polar surface area (TPSA) is 60.7 Å². The molecule has 5 nitrogen and oxygen atoms in total. The predicted octanol–water partition coefficient (Wildman–Crippen LogP) is 5.51. The summed E-state index contributed by atoms with van der Waals surface area (Å²) >= 11 is 3.55. The van der Waals surface area contributed by atoms with Gasteiger partial charge in [-0.3, -0.25) is 4.79 Å². The van der Waals surface area contributed by atoms with E-state index in [2.05, 4.69) is 21.2 Å². The lowest BCUT2D eigenvalue weighted by Crippen LogP contribution is -2.12. The van der Waals surface area contributed by atoms with E-state index in [-0.39, 0.29) is 11.8 Å². The number of methoxy groups -OCH3 is 2. The van der Waals surface area contributed by atoms with Gasteiger partial charge in [-0.25, -0.2) is 0 Å². The zero-order valence-corrected chi connectivity index (χ0v) is 17.8. The number of aryl methyl sites for hydroxylation is 1. The molecule has 0 aliphatic rings. The van der Waals surface area contributed by atoms with E-state index >= 15 is 0 Å². The summed E-state index contributed by atoms with van der Waals surface area (Å²) in [5.74, 6) is 2.30. The van der Waals surface area contributed by atoms with Gasteiger partial charge < -0.3 is 19.2 Å². The van der Waals surface area contributed by atoms with Crippen molar-refractivity contribution < 1.29 is 18.7 Å². The van der Waals surface area contributed by atoms with Crippen molar-refractivity contribution in [2.75, 3.05) is 19.5 Å². The van der Waals surface area contributed by atoms with Gasteiger partial charge >= 0.3 is 0 Å². The maximum atomic E-state index is 11.9.